The van der Waals surface area contributed by atoms with Crippen molar-refractivity contribution < 1.29 is 17.9 Å². The lowest BCUT2D eigenvalue weighted by atomic mass is 10.1. The molecule has 0 aromatic heterocycles. The molecule has 0 saturated carbocycles. The van der Waals surface area contributed by atoms with Crippen LogP contribution in [0.3, 0.4) is 0 Å². The normalized spacial score (nSPS) is 11.1. The van der Waals surface area contributed by atoms with Crippen LogP contribution in [-0.2, 0) is 27.7 Å². The van der Waals surface area contributed by atoms with E-state index in [4.69, 9.17) is 4.74 Å². The number of amides is 1. The first-order valence-electron chi connectivity index (χ1n) is 8.39. The summed E-state index contributed by atoms with van der Waals surface area (Å²) in [5.74, 6) is 0.389. The molecule has 0 atom stereocenters. The molecule has 6 nitrogen and oxygen atoms in total. The fourth-order valence-corrected chi connectivity index (χ4v) is 3.35. The molecule has 26 heavy (non-hydrogen) atoms. The number of ether oxygens (including phenoxy) is 1. The number of hydrogen-bond donors (Lipinski definition) is 2. The fourth-order valence-electron chi connectivity index (χ4n) is 2.35. The van der Waals surface area contributed by atoms with Crippen molar-refractivity contribution in [2.75, 3.05) is 26.0 Å². The van der Waals surface area contributed by atoms with E-state index in [1.807, 2.05) is 54.6 Å². The molecule has 0 unspecified atom stereocenters. The van der Waals surface area contributed by atoms with E-state index < -0.39 is 10.0 Å². The molecule has 0 heterocycles. The number of carbonyl (C=O) groups is 1. The highest BCUT2D eigenvalue weighted by molar-refractivity contribution is 7.89. The summed E-state index contributed by atoms with van der Waals surface area (Å²) in [4.78, 5) is 11.8. The van der Waals surface area contributed by atoms with Crippen LogP contribution in [0.4, 0.5) is 0 Å². The van der Waals surface area contributed by atoms with Gasteiger partial charge in [0.05, 0.1) is 19.4 Å². The van der Waals surface area contributed by atoms with Crippen LogP contribution in [0.1, 0.15) is 11.1 Å². The number of sulfonamides is 1. The maximum absolute atomic E-state index is 12.0. The second kappa shape index (κ2) is 9.94. The number of aryl methyl sites for hydroxylation is 1. The summed E-state index contributed by atoms with van der Waals surface area (Å²) in [7, 11) is -1.88. The van der Waals surface area contributed by atoms with E-state index in [1.165, 1.54) is 0 Å². The second-order valence-electron chi connectivity index (χ2n) is 5.82. The smallest absolute Gasteiger partial charge is 0.235 e. The van der Waals surface area contributed by atoms with Crippen LogP contribution in [0.5, 0.6) is 5.75 Å². The zero-order chi connectivity index (χ0) is 18.8. The first-order valence-corrected chi connectivity index (χ1v) is 10.0. The molecule has 0 fully saturated rings. The van der Waals surface area contributed by atoms with Crippen molar-refractivity contribution in [2.45, 2.75) is 12.8 Å². The maximum atomic E-state index is 12.0. The molecule has 1 amide bonds. The highest BCUT2D eigenvalue weighted by atomic mass is 32.2. The Bertz CT molecular complexity index is 790. The van der Waals surface area contributed by atoms with Gasteiger partial charge in [-0.1, -0.05) is 42.5 Å². The van der Waals surface area contributed by atoms with Gasteiger partial charge in [-0.15, -0.1) is 0 Å². The summed E-state index contributed by atoms with van der Waals surface area (Å²) in [6, 6.07) is 16.9. The molecule has 0 aliphatic heterocycles. The zero-order valence-corrected chi connectivity index (χ0v) is 15.6. The summed E-state index contributed by atoms with van der Waals surface area (Å²) in [6.07, 6.45) is 1.08. The fraction of sp³-hybridized carbons (Fsp3) is 0.316. The lowest BCUT2D eigenvalue weighted by Crippen LogP contribution is -2.38. The minimum Gasteiger partial charge on any atom is -0.497 e. The summed E-state index contributed by atoms with van der Waals surface area (Å²) in [6.45, 7) is 0.191. The predicted octanol–water partition coefficient (Wildman–Crippen LogP) is 1.52. The Morgan fingerprint density at radius 2 is 1.62 bits per heavy atom. The average molecular weight is 376 g/mol. The number of hydrogen-bond acceptors (Lipinski definition) is 4. The van der Waals surface area contributed by atoms with Gasteiger partial charge in [-0.3, -0.25) is 4.79 Å². The maximum Gasteiger partial charge on any atom is 0.235 e. The molecule has 0 aliphatic carbocycles. The van der Waals surface area contributed by atoms with Crippen LogP contribution >= 0.6 is 0 Å². The lowest BCUT2D eigenvalue weighted by Gasteiger charge is -2.08. The summed E-state index contributed by atoms with van der Waals surface area (Å²) in [5, 5.41) is 2.71. The number of rotatable bonds is 10. The van der Waals surface area contributed by atoms with Crippen LogP contribution in [-0.4, -0.2) is 40.3 Å². The van der Waals surface area contributed by atoms with Crippen molar-refractivity contribution in [1.82, 2.24) is 10.0 Å². The Balaban J connectivity index is 1.66. The largest absolute Gasteiger partial charge is 0.497 e. The number of benzene rings is 2. The average Bonchev–Trinajstić information content (AvgIpc) is 2.66. The molecular weight excluding hydrogens is 352 g/mol. The van der Waals surface area contributed by atoms with Crippen molar-refractivity contribution in [3.63, 3.8) is 0 Å². The predicted molar refractivity (Wildman–Crippen MR) is 102 cm³/mol. The third-order valence-corrected chi connectivity index (χ3v) is 5.18. The van der Waals surface area contributed by atoms with Gasteiger partial charge in [-0.05, 0) is 36.1 Å². The SMILES string of the molecule is COc1ccc(CCNC(=O)CNS(=O)(=O)CCc2ccccc2)cc1. The van der Waals surface area contributed by atoms with Crippen molar-refractivity contribution in [3.8, 4) is 5.75 Å². The molecule has 0 radical (unpaired) electrons. The topological polar surface area (TPSA) is 84.5 Å². The Morgan fingerprint density at radius 1 is 0.962 bits per heavy atom. The van der Waals surface area contributed by atoms with E-state index in [9.17, 15) is 13.2 Å². The highest BCUT2D eigenvalue weighted by Gasteiger charge is 2.12. The standard InChI is InChI=1S/C19H24N2O4S/c1-25-18-9-7-17(8-10-18)11-13-20-19(22)15-21-26(23,24)14-12-16-5-3-2-4-6-16/h2-10,21H,11-15H2,1H3,(H,20,22). The van der Waals surface area contributed by atoms with Gasteiger partial charge in [0.25, 0.3) is 0 Å². The molecular formula is C19H24N2O4S. The van der Waals surface area contributed by atoms with Gasteiger partial charge in [0.2, 0.25) is 15.9 Å². The van der Waals surface area contributed by atoms with Gasteiger partial charge in [-0.25, -0.2) is 13.1 Å². The third-order valence-electron chi connectivity index (χ3n) is 3.85. The molecule has 0 saturated heterocycles. The van der Waals surface area contributed by atoms with Crippen molar-refractivity contribution in [3.05, 3.63) is 65.7 Å². The van der Waals surface area contributed by atoms with Gasteiger partial charge < -0.3 is 10.1 Å². The molecule has 2 N–H and O–H groups in total. The van der Waals surface area contributed by atoms with Crippen LogP contribution in [0.25, 0.3) is 0 Å². The van der Waals surface area contributed by atoms with Gasteiger partial charge in [0, 0.05) is 6.54 Å². The minimum atomic E-state index is -3.48. The number of carbonyl (C=O) groups excluding carboxylic acids is 1. The Morgan fingerprint density at radius 3 is 2.27 bits per heavy atom. The molecule has 7 heteroatoms. The second-order valence-corrected chi connectivity index (χ2v) is 7.75. The van der Waals surface area contributed by atoms with E-state index in [0.29, 0.717) is 19.4 Å². The molecule has 2 rings (SSSR count). The number of methoxy groups -OCH3 is 1. The molecule has 140 valence electrons. The number of nitrogens with one attached hydrogen (secondary N) is 2. The van der Waals surface area contributed by atoms with E-state index in [1.54, 1.807) is 7.11 Å². The Hall–Kier alpha value is -2.38. The van der Waals surface area contributed by atoms with Crippen LogP contribution in [0, 0.1) is 0 Å². The van der Waals surface area contributed by atoms with Crippen molar-refractivity contribution >= 4 is 15.9 Å². The van der Waals surface area contributed by atoms with E-state index in [0.717, 1.165) is 16.9 Å². The quantitative estimate of drug-likeness (QED) is 0.658. The lowest BCUT2D eigenvalue weighted by molar-refractivity contribution is -0.119. The van der Waals surface area contributed by atoms with Crippen LogP contribution in [0.2, 0.25) is 0 Å². The molecule has 0 bridgehead atoms. The van der Waals surface area contributed by atoms with Crippen molar-refractivity contribution in [2.24, 2.45) is 0 Å². The van der Waals surface area contributed by atoms with E-state index >= 15 is 0 Å². The molecule has 2 aromatic carbocycles. The van der Waals surface area contributed by atoms with E-state index in [-0.39, 0.29) is 18.2 Å². The van der Waals surface area contributed by atoms with E-state index in [2.05, 4.69) is 10.0 Å². The first-order chi connectivity index (χ1) is 12.5. The summed E-state index contributed by atoms with van der Waals surface area (Å²) in [5.41, 5.74) is 2.01. The first kappa shape index (κ1) is 19.9. The van der Waals surface area contributed by atoms with Crippen LogP contribution in [0.15, 0.2) is 54.6 Å². The van der Waals surface area contributed by atoms with Gasteiger partial charge >= 0.3 is 0 Å². The third kappa shape index (κ3) is 7.25. The summed E-state index contributed by atoms with van der Waals surface area (Å²) >= 11 is 0. The molecule has 0 aliphatic rings. The monoisotopic (exact) mass is 376 g/mol. The highest BCUT2D eigenvalue weighted by Crippen LogP contribution is 2.11. The zero-order valence-electron chi connectivity index (χ0n) is 14.8. The van der Waals surface area contributed by atoms with Gasteiger partial charge in [0.15, 0.2) is 0 Å². The van der Waals surface area contributed by atoms with Crippen molar-refractivity contribution in [1.29, 1.82) is 0 Å². The summed E-state index contributed by atoms with van der Waals surface area (Å²) < 4.78 is 31.3. The van der Waals surface area contributed by atoms with Gasteiger partial charge in [0.1, 0.15) is 5.75 Å². The molecule has 2 aromatic rings. The molecule has 0 spiro atoms. The van der Waals surface area contributed by atoms with Gasteiger partial charge in [-0.2, -0.15) is 0 Å². The minimum absolute atomic E-state index is 0.0455. The Labute approximate surface area is 154 Å². The Kier molecular flexibility index (Phi) is 7.62. The van der Waals surface area contributed by atoms with Crippen LogP contribution < -0.4 is 14.8 Å².